The smallest absolute Gasteiger partial charge is 0.289 e. The zero-order valence-electron chi connectivity index (χ0n) is 12.4. The van der Waals surface area contributed by atoms with E-state index in [1.807, 2.05) is 17.9 Å². The Kier molecular flexibility index (Phi) is 6.59. The number of ether oxygens (including phenoxy) is 2. The van der Waals surface area contributed by atoms with Gasteiger partial charge >= 0.3 is 0 Å². The highest BCUT2D eigenvalue weighted by Gasteiger charge is 2.20. The van der Waals surface area contributed by atoms with Crippen molar-refractivity contribution in [1.29, 1.82) is 5.26 Å². The number of nitro groups is 1. The monoisotopic (exact) mass is 293 g/mol. The number of nitro benzene ring substituents is 1. The second-order valence-electron chi connectivity index (χ2n) is 4.56. The third-order valence-electron chi connectivity index (χ3n) is 3.11. The van der Waals surface area contributed by atoms with E-state index in [0.29, 0.717) is 25.4 Å². The lowest BCUT2D eigenvalue weighted by atomic mass is 10.1. The molecule has 0 amide bonds. The summed E-state index contributed by atoms with van der Waals surface area (Å²) in [5.74, 6) is 0. The van der Waals surface area contributed by atoms with Crippen molar-refractivity contribution < 1.29 is 14.4 Å². The summed E-state index contributed by atoms with van der Waals surface area (Å²) in [7, 11) is 3.20. The minimum atomic E-state index is -0.544. The molecule has 0 aromatic heterocycles. The number of nitriles is 1. The average molecular weight is 293 g/mol. The Morgan fingerprint density at radius 3 is 2.67 bits per heavy atom. The topological polar surface area (TPSA) is 88.6 Å². The van der Waals surface area contributed by atoms with Crippen molar-refractivity contribution in [2.45, 2.75) is 13.0 Å². The Morgan fingerprint density at radius 2 is 2.14 bits per heavy atom. The number of methoxy groups -OCH3 is 2. The zero-order chi connectivity index (χ0) is 15.8. The minimum Gasteiger partial charge on any atom is -0.383 e. The zero-order valence-corrected chi connectivity index (χ0v) is 12.4. The van der Waals surface area contributed by atoms with E-state index in [2.05, 4.69) is 0 Å². The molecule has 0 N–H and O–H groups in total. The van der Waals surface area contributed by atoms with Crippen LogP contribution < -0.4 is 4.90 Å². The maximum absolute atomic E-state index is 11.1. The first-order valence-electron chi connectivity index (χ1n) is 6.48. The summed E-state index contributed by atoms with van der Waals surface area (Å²) < 4.78 is 10.2. The van der Waals surface area contributed by atoms with Gasteiger partial charge in [-0.05, 0) is 19.1 Å². The van der Waals surface area contributed by atoms with E-state index >= 15 is 0 Å². The number of nitrogens with zero attached hydrogens (tertiary/aromatic N) is 3. The van der Waals surface area contributed by atoms with Crippen LogP contribution in [0.25, 0.3) is 0 Å². The first-order chi connectivity index (χ1) is 10.0. The number of rotatable bonds is 8. The van der Waals surface area contributed by atoms with E-state index in [1.165, 1.54) is 12.1 Å². The van der Waals surface area contributed by atoms with Gasteiger partial charge in [0.1, 0.15) is 11.6 Å². The molecule has 1 aromatic carbocycles. The molecule has 1 atom stereocenters. The van der Waals surface area contributed by atoms with Crippen molar-refractivity contribution in [2.75, 3.05) is 38.9 Å². The predicted octanol–water partition coefficient (Wildman–Crippen LogP) is 1.95. The summed E-state index contributed by atoms with van der Waals surface area (Å²) in [6.45, 7) is 3.51. The molecule has 7 heteroatoms. The molecule has 0 heterocycles. The van der Waals surface area contributed by atoms with Crippen molar-refractivity contribution in [2.24, 2.45) is 0 Å². The van der Waals surface area contributed by atoms with Gasteiger partial charge < -0.3 is 14.4 Å². The highest BCUT2D eigenvalue weighted by atomic mass is 16.6. The van der Waals surface area contributed by atoms with Crippen LogP contribution in [0, 0.1) is 21.4 Å². The summed E-state index contributed by atoms with van der Waals surface area (Å²) in [6.07, 6.45) is 0. The fraction of sp³-hybridized carbons (Fsp3) is 0.500. The number of hydrogen-bond donors (Lipinski definition) is 0. The van der Waals surface area contributed by atoms with Gasteiger partial charge in [-0.1, -0.05) is 0 Å². The van der Waals surface area contributed by atoms with Gasteiger partial charge in [0, 0.05) is 38.6 Å². The van der Waals surface area contributed by atoms with E-state index in [1.54, 1.807) is 20.3 Å². The van der Waals surface area contributed by atoms with Crippen LogP contribution in [0.3, 0.4) is 0 Å². The molecule has 0 fully saturated rings. The maximum Gasteiger partial charge on any atom is 0.289 e. The summed E-state index contributed by atoms with van der Waals surface area (Å²) >= 11 is 0. The minimum absolute atomic E-state index is 0.0256. The SMILES string of the molecule is COCCN(c1ccc(C#N)c([N+](=O)[O-])c1)C(C)COC. The van der Waals surface area contributed by atoms with Gasteiger partial charge in [0.2, 0.25) is 0 Å². The molecule has 0 bridgehead atoms. The van der Waals surface area contributed by atoms with Crippen molar-refractivity contribution in [3.05, 3.63) is 33.9 Å². The lowest BCUT2D eigenvalue weighted by molar-refractivity contribution is -0.385. The summed E-state index contributed by atoms with van der Waals surface area (Å²) in [5.41, 5.74) is 0.527. The Balaban J connectivity index is 3.15. The molecular formula is C14H19N3O4. The number of anilines is 1. The fourth-order valence-electron chi connectivity index (χ4n) is 2.07. The van der Waals surface area contributed by atoms with Crippen LogP contribution in [0.4, 0.5) is 11.4 Å². The van der Waals surface area contributed by atoms with Gasteiger partial charge in [-0.3, -0.25) is 10.1 Å². The van der Waals surface area contributed by atoms with Gasteiger partial charge in [0.15, 0.2) is 0 Å². The summed E-state index contributed by atoms with van der Waals surface area (Å²) in [4.78, 5) is 12.5. The quantitative estimate of drug-likeness (QED) is 0.537. The standard InChI is InChI=1S/C14H19N3O4/c1-11(10-21-3)16(6-7-20-2)13-5-4-12(9-15)14(8-13)17(18)19/h4-5,8,11H,6-7,10H2,1-3H3. The van der Waals surface area contributed by atoms with Crippen molar-refractivity contribution in [3.63, 3.8) is 0 Å². The average Bonchev–Trinajstić information content (AvgIpc) is 2.47. The van der Waals surface area contributed by atoms with Gasteiger partial charge in [0.05, 0.1) is 18.1 Å². The van der Waals surface area contributed by atoms with Crippen LogP contribution in [0.15, 0.2) is 18.2 Å². The molecule has 1 unspecified atom stereocenters. The van der Waals surface area contributed by atoms with Crippen molar-refractivity contribution in [3.8, 4) is 6.07 Å². The molecule has 1 aromatic rings. The van der Waals surface area contributed by atoms with E-state index in [0.717, 1.165) is 0 Å². The lowest BCUT2D eigenvalue weighted by Crippen LogP contribution is -2.38. The molecule has 0 aliphatic rings. The molecule has 0 aliphatic heterocycles. The van der Waals surface area contributed by atoms with Gasteiger partial charge in [-0.15, -0.1) is 0 Å². The largest absolute Gasteiger partial charge is 0.383 e. The molecule has 0 radical (unpaired) electrons. The van der Waals surface area contributed by atoms with Gasteiger partial charge in [0.25, 0.3) is 5.69 Å². The normalized spacial score (nSPS) is 11.7. The van der Waals surface area contributed by atoms with Crippen LogP contribution in [0.5, 0.6) is 0 Å². The van der Waals surface area contributed by atoms with Crippen LogP contribution in [0.1, 0.15) is 12.5 Å². The molecule has 0 spiro atoms. The Bertz CT molecular complexity index is 527. The Hall–Kier alpha value is -2.17. The predicted molar refractivity (Wildman–Crippen MR) is 78.4 cm³/mol. The second-order valence-corrected chi connectivity index (χ2v) is 4.56. The molecule has 114 valence electrons. The molecular weight excluding hydrogens is 274 g/mol. The number of hydrogen-bond acceptors (Lipinski definition) is 6. The summed E-state index contributed by atoms with van der Waals surface area (Å²) in [5, 5.41) is 20.0. The second kappa shape index (κ2) is 8.19. The van der Waals surface area contributed by atoms with Crippen LogP contribution in [0.2, 0.25) is 0 Å². The molecule has 0 saturated heterocycles. The Morgan fingerprint density at radius 1 is 1.43 bits per heavy atom. The maximum atomic E-state index is 11.1. The first kappa shape index (κ1) is 16.9. The fourth-order valence-corrected chi connectivity index (χ4v) is 2.07. The highest BCUT2D eigenvalue weighted by molar-refractivity contribution is 5.60. The van der Waals surface area contributed by atoms with E-state index < -0.39 is 4.92 Å². The van der Waals surface area contributed by atoms with Crippen LogP contribution >= 0.6 is 0 Å². The molecule has 1 rings (SSSR count). The van der Waals surface area contributed by atoms with Gasteiger partial charge in [-0.25, -0.2) is 0 Å². The first-order valence-corrected chi connectivity index (χ1v) is 6.48. The third-order valence-corrected chi connectivity index (χ3v) is 3.11. The molecule has 21 heavy (non-hydrogen) atoms. The highest BCUT2D eigenvalue weighted by Crippen LogP contribution is 2.26. The molecule has 0 saturated carbocycles. The van der Waals surface area contributed by atoms with Crippen molar-refractivity contribution in [1.82, 2.24) is 0 Å². The van der Waals surface area contributed by atoms with E-state index in [-0.39, 0.29) is 17.3 Å². The molecule has 7 nitrogen and oxygen atoms in total. The Labute approximate surface area is 123 Å². The lowest BCUT2D eigenvalue weighted by Gasteiger charge is -2.30. The summed E-state index contributed by atoms with van der Waals surface area (Å²) in [6, 6.07) is 6.44. The molecule has 0 aliphatic carbocycles. The van der Waals surface area contributed by atoms with E-state index in [9.17, 15) is 10.1 Å². The third kappa shape index (κ3) is 4.41. The van der Waals surface area contributed by atoms with Crippen LogP contribution in [-0.2, 0) is 9.47 Å². The van der Waals surface area contributed by atoms with E-state index in [4.69, 9.17) is 14.7 Å². The van der Waals surface area contributed by atoms with Gasteiger partial charge in [-0.2, -0.15) is 5.26 Å². The van der Waals surface area contributed by atoms with Crippen molar-refractivity contribution >= 4 is 11.4 Å². The van der Waals surface area contributed by atoms with Crippen LogP contribution in [-0.4, -0.2) is 44.9 Å². The number of benzene rings is 1.